The summed E-state index contributed by atoms with van der Waals surface area (Å²) in [6, 6.07) is 9.75. The zero-order valence-electron chi connectivity index (χ0n) is 10.5. The van der Waals surface area contributed by atoms with E-state index >= 15 is 0 Å². The highest BCUT2D eigenvalue weighted by molar-refractivity contribution is 6.28. The van der Waals surface area contributed by atoms with Gasteiger partial charge in [0.15, 0.2) is 0 Å². The fourth-order valence-electron chi connectivity index (χ4n) is 2.53. The summed E-state index contributed by atoms with van der Waals surface area (Å²) in [6.45, 7) is 0. The molecule has 0 atom stereocenters. The smallest absolute Gasteiger partial charge is 0.289 e. The van der Waals surface area contributed by atoms with Crippen molar-refractivity contribution in [2.24, 2.45) is 0 Å². The van der Waals surface area contributed by atoms with Crippen molar-refractivity contribution < 1.29 is 0 Å². The summed E-state index contributed by atoms with van der Waals surface area (Å²) in [5.41, 5.74) is 1.72. The largest absolute Gasteiger partial charge is 0.335 e. The van der Waals surface area contributed by atoms with Crippen LogP contribution in [0.25, 0.3) is 16.9 Å². The predicted octanol–water partition coefficient (Wildman–Crippen LogP) is 2.57. The fourth-order valence-corrected chi connectivity index (χ4v) is 2.67. The maximum absolute atomic E-state index is 12.7. The highest BCUT2D eigenvalue weighted by Crippen LogP contribution is 2.36. The Morgan fingerprint density at radius 1 is 1.15 bits per heavy atom. The highest BCUT2D eigenvalue weighted by atomic mass is 35.5. The molecule has 100 valence electrons. The molecule has 4 rings (SSSR count). The van der Waals surface area contributed by atoms with Crippen LogP contribution in [0.1, 0.15) is 18.9 Å². The number of halogens is 1. The Balaban J connectivity index is 2.09. The molecular weight excluding hydrogens is 276 g/mol. The second kappa shape index (κ2) is 4.18. The molecule has 6 heteroatoms. The molecule has 1 aromatic carbocycles. The lowest BCUT2D eigenvalue weighted by atomic mass is 10.3. The van der Waals surface area contributed by atoms with E-state index in [4.69, 9.17) is 11.6 Å². The van der Waals surface area contributed by atoms with Crippen LogP contribution in [0.5, 0.6) is 0 Å². The average molecular weight is 287 g/mol. The third-order valence-corrected chi connectivity index (χ3v) is 3.71. The lowest BCUT2D eigenvalue weighted by molar-refractivity contribution is 0.712. The summed E-state index contributed by atoms with van der Waals surface area (Å²) in [5, 5.41) is 0.137. The van der Waals surface area contributed by atoms with Crippen LogP contribution in [0, 0.1) is 0 Å². The van der Waals surface area contributed by atoms with E-state index in [-0.39, 0.29) is 11.0 Å². The molecule has 3 aromatic rings. The van der Waals surface area contributed by atoms with Crippen LogP contribution in [-0.4, -0.2) is 19.1 Å². The molecule has 0 bridgehead atoms. The molecular formula is C14H11ClN4O. The average Bonchev–Trinajstić information content (AvgIpc) is 3.22. The molecule has 0 spiro atoms. The molecule has 5 nitrogen and oxygen atoms in total. The van der Waals surface area contributed by atoms with Crippen molar-refractivity contribution >= 4 is 22.6 Å². The van der Waals surface area contributed by atoms with Gasteiger partial charge < -0.3 is 0 Å². The minimum Gasteiger partial charge on any atom is -0.289 e. The minimum atomic E-state index is -0.0662. The quantitative estimate of drug-likeness (QED) is 0.680. The molecule has 1 aliphatic rings. The van der Waals surface area contributed by atoms with Gasteiger partial charge in [0.2, 0.25) is 5.28 Å². The fraction of sp³-hybridized carbons (Fsp3) is 0.214. The molecule has 0 radical (unpaired) electrons. The van der Waals surface area contributed by atoms with E-state index in [2.05, 4.69) is 9.97 Å². The lowest BCUT2D eigenvalue weighted by Gasteiger charge is -2.01. The second-order valence-corrected chi connectivity index (χ2v) is 5.23. The van der Waals surface area contributed by atoms with Crippen molar-refractivity contribution in [2.75, 3.05) is 0 Å². The van der Waals surface area contributed by atoms with Crippen LogP contribution in [0.15, 0.2) is 41.3 Å². The van der Waals surface area contributed by atoms with Gasteiger partial charge in [0, 0.05) is 18.3 Å². The molecule has 0 N–H and O–H groups in total. The van der Waals surface area contributed by atoms with Crippen LogP contribution in [0.3, 0.4) is 0 Å². The van der Waals surface area contributed by atoms with Crippen molar-refractivity contribution in [3.8, 4) is 5.82 Å². The van der Waals surface area contributed by atoms with E-state index in [0.717, 1.165) is 23.9 Å². The molecule has 0 amide bonds. The van der Waals surface area contributed by atoms with Crippen molar-refractivity contribution in [3.63, 3.8) is 0 Å². The minimum absolute atomic E-state index is 0.0662. The van der Waals surface area contributed by atoms with E-state index in [9.17, 15) is 4.79 Å². The monoisotopic (exact) mass is 286 g/mol. The van der Waals surface area contributed by atoms with Gasteiger partial charge in [-0.15, -0.1) is 0 Å². The van der Waals surface area contributed by atoms with Gasteiger partial charge in [0.05, 0.1) is 11.0 Å². The first-order valence-electron chi connectivity index (χ1n) is 6.46. The number of aromatic nitrogens is 4. The van der Waals surface area contributed by atoms with E-state index in [0.29, 0.717) is 11.9 Å². The Morgan fingerprint density at radius 3 is 2.60 bits per heavy atom. The van der Waals surface area contributed by atoms with E-state index in [1.807, 2.05) is 28.8 Å². The molecule has 0 unspecified atom stereocenters. The van der Waals surface area contributed by atoms with Crippen molar-refractivity contribution in [3.05, 3.63) is 52.3 Å². The molecule has 1 aliphatic carbocycles. The molecule has 0 saturated heterocycles. The van der Waals surface area contributed by atoms with Gasteiger partial charge in [-0.05, 0) is 36.6 Å². The first-order chi connectivity index (χ1) is 9.75. The summed E-state index contributed by atoms with van der Waals surface area (Å²) >= 11 is 5.84. The molecule has 20 heavy (non-hydrogen) atoms. The molecule has 1 fully saturated rings. The third kappa shape index (κ3) is 1.67. The van der Waals surface area contributed by atoms with Gasteiger partial charge >= 0.3 is 5.69 Å². The maximum Gasteiger partial charge on any atom is 0.335 e. The lowest BCUT2D eigenvalue weighted by Crippen LogP contribution is -2.23. The van der Waals surface area contributed by atoms with Gasteiger partial charge in [-0.3, -0.25) is 4.57 Å². The van der Waals surface area contributed by atoms with Crippen molar-refractivity contribution in [1.82, 2.24) is 19.1 Å². The van der Waals surface area contributed by atoms with Gasteiger partial charge in [-0.1, -0.05) is 12.1 Å². The highest BCUT2D eigenvalue weighted by Gasteiger charge is 2.29. The number of benzene rings is 1. The second-order valence-electron chi connectivity index (χ2n) is 4.89. The number of hydrogen-bond donors (Lipinski definition) is 0. The van der Waals surface area contributed by atoms with Crippen LogP contribution in [-0.2, 0) is 0 Å². The third-order valence-electron chi connectivity index (χ3n) is 3.53. The van der Waals surface area contributed by atoms with Crippen LogP contribution < -0.4 is 5.69 Å². The van der Waals surface area contributed by atoms with E-state index in [1.165, 1.54) is 0 Å². The molecule has 1 saturated carbocycles. The van der Waals surface area contributed by atoms with Crippen LogP contribution in [0.4, 0.5) is 0 Å². The Bertz CT molecular complexity index is 863. The number of imidazole rings is 1. The summed E-state index contributed by atoms with van der Waals surface area (Å²) in [4.78, 5) is 20.7. The standard InChI is InChI=1S/C14H11ClN4O/c15-13-16-8-7-12(17-13)19-11-4-2-1-3-10(11)18(14(19)20)9-5-6-9/h1-4,7-9H,5-6H2. The van der Waals surface area contributed by atoms with Gasteiger partial charge in [-0.25, -0.2) is 14.3 Å². The van der Waals surface area contributed by atoms with Crippen LogP contribution >= 0.6 is 11.6 Å². The number of para-hydroxylation sites is 2. The summed E-state index contributed by atoms with van der Waals surface area (Å²) in [5.74, 6) is 0.505. The Labute approximate surface area is 119 Å². The number of rotatable bonds is 2. The number of nitrogens with zero attached hydrogens (tertiary/aromatic N) is 4. The summed E-state index contributed by atoms with van der Waals surface area (Å²) < 4.78 is 3.45. The van der Waals surface area contributed by atoms with Gasteiger partial charge in [0.1, 0.15) is 5.82 Å². The van der Waals surface area contributed by atoms with Crippen molar-refractivity contribution in [1.29, 1.82) is 0 Å². The van der Waals surface area contributed by atoms with E-state index in [1.54, 1.807) is 16.8 Å². The normalized spacial score (nSPS) is 14.8. The Morgan fingerprint density at radius 2 is 1.90 bits per heavy atom. The van der Waals surface area contributed by atoms with E-state index < -0.39 is 0 Å². The van der Waals surface area contributed by atoms with Gasteiger partial charge in [0.25, 0.3) is 0 Å². The Kier molecular flexibility index (Phi) is 2.44. The Hall–Kier alpha value is -2.14. The zero-order chi connectivity index (χ0) is 13.7. The maximum atomic E-state index is 12.7. The first-order valence-corrected chi connectivity index (χ1v) is 6.84. The first kappa shape index (κ1) is 11.7. The predicted molar refractivity (Wildman–Crippen MR) is 76.4 cm³/mol. The molecule has 2 heterocycles. The van der Waals surface area contributed by atoms with Crippen molar-refractivity contribution in [2.45, 2.75) is 18.9 Å². The SMILES string of the molecule is O=c1n(-c2ccnc(Cl)n2)c2ccccc2n1C1CC1. The molecule has 2 aromatic heterocycles. The van der Waals surface area contributed by atoms with Crippen LogP contribution in [0.2, 0.25) is 5.28 Å². The zero-order valence-corrected chi connectivity index (χ0v) is 11.3. The number of hydrogen-bond acceptors (Lipinski definition) is 3. The topological polar surface area (TPSA) is 52.7 Å². The summed E-state index contributed by atoms with van der Waals surface area (Å²) in [7, 11) is 0. The summed E-state index contributed by atoms with van der Waals surface area (Å²) in [6.07, 6.45) is 3.66. The molecule has 0 aliphatic heterocycles. The van der Waals surface area contributed by atoms with Gasteiger partial charge in [-0.2, -0.15) is 4.98 Å². The number of fused-ring (bicyclic) bond motifs is 1.